The first-order valence-electron chi connectivity index (χ1n) is 13.4. The van der Waals surface area contributed by atoms with Crippen LogP contribution in [0.2, 0.25) is 0 Å². The van der Waals surface area contributed by atoms with Crippen molar-refractivity contribution < 1.29 is 37.3 Å². The minimum absolute atomic E-state index is 0.0734. The van der Waals surface area contributed by atoms with Gasteiger partial charge in [0, 0.05) is 37.0 Å². The number of carbonyl (C=O) groups excluding carboxylic acids is 2. The lowest BCUT2D eigenvalue weighted by atomic mass is 10.0. The van der Waals surface area contributed by atoms with E-state index in [2.05, 4.69) is 15.5 Å². The van der Waals surface area contributed by atoms with E-state index in [1.54, 1.807) is 30.6 Å². The van der Waals surface area contributed by atoms with E-state index in [1.165, 1.54) is 11.8 Å². The summed E-state index contributed by atoms with van der Waals surface area (Å²) in [6.07, 6.45) is -3.81. The molecule has 2 saturated heterocycles. The zero-order chi connectivity index (χ0) is 29.9. The summed E-state index contributed by atoms with van der Waals surface area (Å²) in [5.74, 6) is -2.13. The third-order valence-electron chi connectivity index (χ3n) is 7.17. The van der Waals surface area contributed by atoms with Gasteiger partial charge >= 0.3 is 12.1 Å². The lowest BCUT2D eigenvalue weighted by Gasteiger charge is -2.36. The van der Waals surface area contributed by atoms with Gasteiger partial charge in [-0.1, -0.05) is 48.2 Å². The van der Waals surface area contributed by atoms with E-state index in [1.807, 2.05) is 35.9 Å². The van der Waals surface area contributed by atoms with Crippen molar-refractivity contribution >= 4 is 29.3 Å². The molecule has 2 aliphatic rings. The normalized spacial score (nSPS) is 22.7. The van der Waals surface area contributed by atoms with Gasteiger partial charge in [-0.05, 0) is 36.1 Å². The predicted octanol–water partition coefficient (Wildman–Crippen LogP) is 4.14. The van der Waals surface area contributed by atoms with Crippen LogP contribution in [0.3, 0.4) is 0 Å². The van der Waals surface area contributed by atoms with Crippen molar-refractivity contribution in [2.45, 2.75) is 61.7 Å². The Bertz CT molecular complexity index is 1400. The fourth-order valence-electron chi connectivity index (χ4n) is 5.03. The lowest BCUT2D eigenvalue weighted by molar-refractivity contribution is -0.245. The summed E-state index contributed by atoms with van der Waals surface area (Å²) in [5, 5.41) is 20.8. The summed E-state index contributed by atoms with van der Waals surface area (Å²) in [5.41, 5.74) is 2.63. The van der Waals surface area contributed by atoms with E-state index in [0.29, 0.717) is 34.7 Å². The van der Waals surface area contributed by atoms with Gasteiger partial charge in [0.2, 0.25) is 5.91 Å². The number of aromatic nitrogens is 3. The van der Waals surface area contributed by atoms with Crippen LogP contribution in [0.4, 0.5) is 18.9 Å². The smallest absolute Gasteiger partial charge is 0.392 e. The van der Waals surface area contributed by atoms with Gasteiger partial charge in [0.15, 0.2) is 11.4 Å². The number of aliphatic hydroxyl groups is 1. The Hall–Kier alpha value is -3.46. The number of halogens is 3. The van der Waals surface area contributed by atoms with Crippen molar-refractivity contribution in [2.75, 3.05) is 17.6 Å². The molecule has 0 saturated carbocycles. The van der Waals surface area contributed by atoms with Crippen LogP contribution in [0.1, 0.15) is 48.3 Å². The minimum atomic E-state index is -5.05. The Labute approximate surface area is 244 Å². The van der Waals surface area contributed by atoms with E-state index in [4.69, 9.17) is 9.47 Å². The largest absolute Gasteiger partial charge is 0.471 e. The van der Waals surface area contributed by atoms with Crippen LogP contribution >= 0.6 is 11.8 Å². The summed E-state index contributed by atoms with van der Waals surface area (Å²) in [6.45, 7) is -0.204. The van der Waals surface area contributed by atoms with Crippen molar-refractivity contribution in [3.8, 4) is 0 Å². The number of nitrogens with one attached hydrogen (secondary N) is 1. The molecule has 14 heteroatoms. The molecule has 42 heavy (non-hydrogen) atoms. The molecule has 2 amide bonds. The first-order valence-corrected chi connectivity index (χ1v) is 14.4. The number of hydrogen-bond donors (Lipinski definition) is 2. The van der Waals surface area contributed by atoms with Gasteiger partial charge in [-0.3, -0.25) is 9.59 Å². The number of amides is 2. The summed E-state index contributed by atoms with van der Waals surface area (Å²) in [7, 11) is 1.85. The Kier molecular flexibility index (Phi) is 9.16. The van der Waals surface area contributed by atoms with Crippen molar-refractivity contribution in [1.29, 1.82) is 0 Å². The van der Waals surface area contributed by atoms with E-state index in [0.717, 1.165) is 16.3 Å². The van der Waals surface area contributed by atoms with E-state index in [-0.39, 0.29) is 31.8 Å². The molecule has 10 nitrogen and oxygen atoms in total. The second-order valence-electron chi connectivity index (χ2n) is 10.2. The quantitative estimate of drug-likeness (QED) is 0.368. The van der Waals surface area contributed by atoms with Crippen LogP contribution in [0, 0.1) is 0 Å². The highest BCUT2D eigenvalue weighted by Gasteiger charge is 2.47. The Morgan fingerprint density at radius 1 is 1.14 bits per heavy atom. The van der Waals surface area contributed by atoms with Crippen LogP contribution in [0.5, 0.6) is 0 Å². The zero-order valence-corrected chi connectivity index (χ0v) is 23.5. The SMILES string of the molecule is Cn1cnnc1SC[C@H]1C[C@@H](c2ccc(CO)cc2)O[C@@H](c2cccc(NC(=O)[C@@H]3CCCN3C(=O)C(F)(F)F)c2)O1. The molecule has 0 unspecified atom stereocenters. The van der Waals surface area contributed by atoms with Crippen LogP contribution in [0.25, 0.3) is 0 Å². The summed E-state index contributed by atoms with van der Waals surface area (Å²) < 4.78 is 53.6. The van der Waals surface area contributed by atoms with Crippen molar-refractivity contribution in [3.05, 3.63) is 71.5 Å². The maximum Gasteiger partial charge on any atom is 0.471 e. The molecule has 1 aromatic heterocycles. The van der Waals surface area contributed by atoms with Crippen molar-refractivity contribution in [1.82, 2.24) is 19.7 Å². The topological polar surface area (TPSA) is 119 Å². The third kappa shape index (κ3) is 6.94. The number of thioether (sulfide) groups is 1. The number of anilines is 1. The number of nitrogens with zero attached hydrogens (tertiary/aromatic N) is 4. The van der Waals surface area contributed by atoms with Gasteiger partial charge in [-0.25, -0.2) is 0 Å². The average molecular weight is 606 g/mol. The molecule has 0 spiro atoms. The Balaban J connectivity index is 1.32. The Morgan fingerprint density at radius 2 is 1.93 bits per heavy atom. The van der Waals surface area contributed by atoms with Gasteiger partial charge in [0.05, 0.1) is 18.8 Å². The Morgan fingerprint density at radius 3 is 2.62 bits per heavy atom. The van der Waals surface area contributed by atoms with Gasteiger partial charge in [-0.2, -0.15) is 13.2 Å². The predicted molar refractivity (Wildman–Crippen MR) is 146 cm³/mol. The monoisotopic (exact) mass is 605 g/mol. The fourth-order valence-corrected chi connectivity index (χ4v) is 5.93. The summed E-state index contributed by atoms with van der Waals surface area (Å²) in [6, 6.07) is 13.0. The molecular formula is C28H30F3N5O5S. The number of aryl methyl sites for hydroxylation is 1. The highest BCUT2D eigenvalue weighted by molar-refractivity contribution is 7.99. The molecular weight excluding hydrogens is 575 g/mol. The average Bonchev–Trinajstić information content (AvgIpc) is 3.64. The maximum absolute atomic E-state index is 13.0. The van der Waals surface area contributed by atoms with Crippen LogP contribution in [-0.2, 0) is 32.7 Å². The molecule has 0 radical (unpaired) electrons. The van der Waals surface area contributed by atoms with Crippen LogP contribution in [-0.4, -0.2) is 67.2 Å². The molecule has 5 rings (SSSR count). The molecule has 224 valence electrons. The molecule has 2 aliphatic heterocycles. The molecule has 0 aliphatic carbocycles. The molecule has 2 fully saturated rings. The maximum atomic E-state index is 13.0. The highest BCUT2D eigenvalue weighted by atomic mass is 32.2. The third-order valence-corrected chi connectivity index (χ3v) is 8.33. The standard InChI is InChI=1S/C28H30F3N5O5S/c1-35-16-32-34-27(35)42-15-21-13-23(18-9-7-17(14-37)8-10-18)41-25(40-21)19-4-2-5-20(12-19)33-24(38)22-6-3-11-36(22)26(39)28(29,30)31/h2,4-5,7-10,12,16,21-23,25,37H,3,6,11,13-15H2,1H3,(H,33,38)/t21-,22+,23+,25+/m1/s1. The molecule has 2 N–H and O–H groups in total. The molecule has 0 bridgehead atoms. The molecule has 3 aromatic rings. The number of rotatable bonds is 8. The summed E-state index contributed by atoms with van der Waals surface area (Å²) in [4.78, 5) is 25.3. The van der Waals surface area contributed by atoms with E-state index >= 15 is 0 Å². The number of hydrogen-bond acceptors (Lipinski definition) is 8. The first-order chi connectivity index (χ1) is 20.1. The number of ether oxygens (including phenoxy) is 2. The first kappa shape index (κ1) is 30.0. The molecule has 2 aromatic carbocycles. The number of aliphatic hydroxyl groups excluding tert-OH is 1. The van der Waals surface area contributed by atoms with Crippen LogP contribution < -0.4 is 5.32 Å². The minimum Gasteiger partial charge on any atom is -0.392 e. The number of benzene rings is 2. The lowest BCUT2D eigenvalue weighted by Crippen LogP contribution is -2.48. The molecule has 3 heterocycles. The summed E-state index contributed by atoms with van der Waals surface area (Å²) >= 11 is 1.50. The second kappa shape index (κ2) is 12.8. The van der Waals surface area contributed by atoms with Crippen LogP contribution in [0.15, 0.2) is 60.0 Å². The van der Waals surface area contributed by atoms with E-state index < -0.39 is 30.3 Å². The van der Waals surface area contributed by atoms with Gasteiger partial charge in [0.1, 0.15) is 12.4 Å². The number of alkyl halides is 3. The van der Waals surface area contributed by atoms with Gasteiger partial charge in [-0.15, -0.1) is 10.2 Å². The fraction of sp³-hybridized carbons (Fsp3) is 0.429. The zero-order valence-electron chi connectivity index (χ0n) is 22.7. The number of likely N-dealkylation sites (tertiary alicyclic amines) is 1. The highest BCUT2D eigenvalue weighted by Crippen LogP contribution is 2.40. The van der Waals surface area contributed by atoms with Gasteiger partial charge < -0.3 is 29.4 Å². The van der Waals surface area contributed by atoms with E-state index in [9.17, 15) is 27.9 Å². The second-order valence-corrected chi connectivity index (χ2v) is 11.1. The van der Waals surface area contributed by atoms with Gasteiger partial charge in [0.25, 0.3) is 0 Å². The van der Waals surface area contributed by atoms with Crippen molar-refractivity contribution in [2.24, 2.45) is 7.05 Å². The number of carbonyl (C=O) groups is 2. The van der Waals surface area contributed by atoms with Crippen molar-refractivity contribution in [3.63, 3.8) is 0 Å². The molecule has 4 atom stereocenters.